The van der Waals surface area contributed by atoms with Crippen LogP contribution in [0.4, 0.5) is 11.5 Å². The molecule has 0 saturated heterocycles. The molecule has 0 aliphatic carbocycles. The molecule has 0 aliphatic rings. The summed E-state index contributed by atoms with van der Waals surface area (Å²) < 4.78 is 5.13. The van der Waals surface area contributed by atoms with Crippen LogP contribution in [-0.4, -0.2) is 18.1 Å². The maximum Gasteiger partial charge on any atom is 0.199 e. The van der Waals surface area contributed by atoms with Crippen LogP contribution in [0.2, 0.25) is 0 Å². The molecule has 0 saturated carbocycles. The lowest BCUT2D eigenvalue weighted by molar-refractivity contribution is 0.415. The van der Waals surface area contributed by atoms with E-state index in [0.717, 1.165) is 23.6 Å². The summed E-state index contributed by atoms with van der Waals surface area (Å²) >= 11 is 0. The number of aromatic nitrogens is 1. The largest absolute Gasteiger partial charge is 0.497 e. The molecule has 0 radical (unpaired) electrons. The van der Waals surface area contributed by atoms with Gasteiger partial charge in [-0.25, -0.2) is 9.98 Å². The second-order valence-corrected chi connectivity index (χ2v) is 5.50. The quantitative estimate of drug-likeness (QED) is 0.551. The van der Waals surface area contributed by atoms with E-state index in [9.17, 15) is 0 Å². The number of nitrogens with zero attached hydrogens (tertiary/aromatic N) is 2. The lowest BCUT2D eigenvalue weighted by Gasteiger charge is -2.07. The molecule has 3 rings (SSSR count). The summed E-state index contributed by atoms with van der Waals surface area (Å²) in [6.07, 6.45) is 0.770. The second-order valence-electron chi connectivity index (χ2n) is 5.50. The standard InChI is InChI=1S/C20H20N4O/c1-25-18-12-10-16(11-13-18)23-20(21)24-19-9-5-8-17(22-19)14-15-6-3-2-4-7-15/h2-13H,14H2,1H3,(H3,21,22,23,24). The predicted molar refractivity (Wildman–Crippen MR) is 101 cm³/mol. The minimum absolute atomic E-state index is 0.287. The Morgan fingerprint density at radius 2 is 1.76 bits per heavy atom. The lowest BCUT2D eigenvalue weighted by atomic mass is 10.1. The monoisotopic (exact) mass is 332 g/mol. The summed E-state index contributed by atoms with van der Waals surface area (Å²) in [7, 11) is 1.63. The molecule has 0 unspecified atom stereocenters. The molecule has 126 valence electrons. The van der Waals surface area contributed by atoms with Crippen molar-refractivity contribution in [3.8, 4) is 5.75 Å². The van der Waals surface area contributed by atoms with Gasteiger partial charge in [0.15, 0.2) is 5.96 Å². The van der Waals surface area contributed by atoms with E-state index in [4.69, 9.17) is 10.5 Å². The van der Waals surface area contributed by atoms with Gasteiger partial charge < -0.3 is 15.8 Å². The zero-order chi connectivity index (χ0) is 17.5. The molecule has 25 heavy (non-hydrogen) atoms. The topological polar surface area (TPSA) is 72.5 Å². The minimum atomic E-state index is 0.287. The number of ether oxygens (including phenoxy) is 1. The fourth-order valence-corrected chi connectivity index (χ4v) is 2.41. The number of nitrogens with two attached hydrogens (primary N) is 1. The molecule has 3 N–H and O–H groups in total. The zero-order valence-electron chi connectivity index (χ0n) is 14.0. The highest BCUT2D eigenvalue weighted by Gasteiger charge is 2.01. The highest BCUT2D eigenvalue weighted by molar-refractivity contribution is 5.93. The van der Waals surface area contributed by atoms with Crippen LogP contribution >= 0.6 is 0 Å². The number of hydrogen-bond donors (Lipinski definition) is 2. The molecule has 1 aromatic heterocycles. The number of rotatable bonds is 5. The van der Waals surface area contributed by atoms with Crippen molar-refractivity contribution in [3.63, 3.8) is 0 Å². The summed E-state index contributed by atoms with van der Waals surface area (Å²) in [4.78, 5) is 8.92. The van der Waals surface area contributed by atoms with Gasteiger partial charge in [-0.3, -0.25) is 0 Å². The number of benzene rings is 2. The summed E-state index contributed by atoms with van der Waals surface area (Å²) in [5.74, 6) is 1.73. The van der Waals surface area contributed by atoms with E-state index in [1.165, 1.54) is 5.56 Å². The van der Waals surface area contributed by atoms with Gasteiger partial charge in [0.25, 0.3) is 0 Å². The van der Waals surface area contributed by atoms with Crippen LogP contribution in [0.1, 0.15) is 11.3 Å². The summed E-state index contributed by atoms with van der Waals surface area (Å²) in [6, 6.07) is 23.4. The number of methoxy groups -OCH3 is 1. The number of guanidine groups is 1. The van der Waals surface area contributed by atoms with E-state index in [-0.39, 0.29) is 5.96 Å². The Bertz CT molecular complexity index is 845. The van der Waals surface area contributed by atoms with Crippen LogP contribution in [0, 0.1) is 0 Å². The first kappa shape index (κ1) is 16.5. The first-order valence-corrected chi connectivity index (χ1v) is 7.98. The summed E-state index contributed by atoms with van der Waals surface area (Å²) in [5, 5.41) is 3.03. The van der Waals surface area contributed by atoms with Crippen molar-refractivity contribution >= 4 is 17.5 Å². The van der Waals surface area contributed by atoms with Crippen molar-refractivity contribution in [2.24, 2.45) is 10.7 Å². The Morgan fingerprint density at radius 1 is 1.00 bits per heavy atom. The molecule has 0 amide bonds. The Balaban J connectivity index is 1.69. The third-order valence-electron chi connectivity index (χ3n) is 3.61. The second kappa shape index (κ2) is 7.97. The van der Waals surface area contributed by atoms with Gasteiger partial charge in [0, 0.05) is 12.1 Å². The normalized spacial score (nSPS) is 11.2. The number of pyridine rings is 1. The average Bonchev–Trinajstić information content (AvgIpc) is 2.63. The molecule has 1 heterocycles. The van der Waals surface area contributed by atoms with Crippen molar-refractivity contribution < 1.29 is 4.74 Å². The van der Waals surface area contributed by atoms with Crippen molar-refractivity contribution in [2.45, 2.75) is 6.42 Å². The highest BCUT2D eigenvalue weighted by atomic mass is 16.5. The Hall–Kier alpha value is -3.34. The number of nitrogens with one attached hydrogen (secondary N) is 1. The van der Waals surface area contributed by atoms with Gasteiger partial charge in [-0.05, 0) is 42.0 Å². The van der Waals surface area contributed by atoms with E-state index in [0.29, 0.717) is 5.82 Å². The van der Waals surface area contributed by atoms with Gasteiger partial charge in [-0.1, -0.05) is 36.4 Å². The maximum absolute atomic E-state index is 5.98. The Kier molecular flexibility index (Phi) is 5.26. The van der Waals surface area contributed by atoms with Crippen LogP contribution in [-0.2, 0) is 6.42 Å². The molecule has 0 fully saturated rings. The molecule has 5 heteroatoms. The van der Waals surface area contributed by atoms with Crippen molar-refractivity contribution in [3.05, 3.63) is 84.1 Å². The molecule has 0 atom stereocenters. The molecular formula is C20H20N4O. The predicted octanol–water partition coefficient (Wildman–Crippen LogP) is 3.74. The molecule has 2 aromatic carbocycles. The van der Waals surface area contributed by atoms with Gasteiger partial charge in [0.05, 0.1) is 12.8 Å². The highest BCUT2D eigenvalue weighted by Crippen LogP contribution is 2.17. The molecular weight excluding hydrogens is 312 g/mol. The summed E-state index contributed by atoms with van der Waals surface area (Å²) in [6.45, 7) is 0. The Labute approximate surface area is 147 Å². The van der Waals surface area contributed by atoms with Crippen LogP contribution in [0.15, 0.2) is 77.8 Å². The van der Waals surface area contributed by atoms with E-state index in [1.807, 2.05) is 60.7 Å². The Morgan fingerprint density at radius 3 is 2.48 bits per heavy atom. The number of anilines is 1. The van der Waals surface area contributed by atoms with E-state index >= 15 is 0 Å². The zero-order valence-corrected chi connectivity index (χ0v) is 14.0. The van der Waals surface area contributed by atoms with Gasteiger partial charge in [0.1, 0.15) is 11.6 Å². The van der Waals surface area contributed by atoms with Crippen molar-refractivity contribution in [1.82, 2.24) is 4.98 Å². The fourth-order valence-electron chi connectivity index (χ4n) is 2.41. The van der Waals surface area contributed by atoms with Crippen LogP contribution in [0.25, 0.3) is 0 Å². The third-order valence-corrected chi connectivity index (χ3v) is 3.61. The minimum Gasteiger partial charge on any atom is -0.497 e. The SMILES string of the molecule is COc1ccc(N=C(N)Nc2cccc(Cc3ccccc3)n2)cc1. The molecule has 0 spiro atoms. The summed E-state index contributed by atoms with van der Waals surface area (Å²) in [5.41, 5.74) is 8.90. The smallest absolute Gasteiger partial charge is 0.199 e. The third kappa shape index (κ3) is 4.81. The van der Waals surface area contributed by atoms with E-state index in [2.05, 4.69) is 27.4 Å². The van der Waals surface area contributed by atoms with Gasteiger partial charge in [-0.2, -0.15) is 0 Å². The van der Waals surface area contributed by atoms with Crippen LogP contribution in [0.3, 0.4) is 0 Å². The van der Waals surface area contributed by atoms with E-state index < -0.39 is 0 Å². The average molecular weight is 332 g/mol. The molecule has 3 aromatic rings. The molecule has 5 nitrogen and oxygen atoms in total. The number of hydrogen-bond acceptors (Lipinski definition) is 3. The van der Waals surface area contributed by atoms with Gasteiger partial charge in [-0.15, -0.1) is 0 Å². The first-order chi connectivity index (χ1) is 12.2. The van der Waals surface area contributed by atoms with Crippen molar-refractivity contribution in [1.29, 1.82) is 0 Å². The first-order valence-electron chi connectivity index (χ1n) is 7.98. The fraction of sp³-hybridized carbons (Fsp3) is 0.100. The van der Waals surface area contributed by atoms with Gasteiger partial charge in [0.2, 0.25) is 0 Å². The molecule has 0 bridgehead atoms. The molecule has 0 aliphatic heterocycles. The van der Waals surface area contributed by atoms with Crippen LogP contribution < -0.4 is 15.8 Å². The number of aliphatic imine (C=N–C) groups is 1. The van der Waals surface area contributed by atoms with Crippen LogP contribution in [0.5, 0.6) is 5.75 Å². The maximum atomic E-state index is 5.98. The lowest BCUT2D eigenvalue weighted by Crippen LogP contribution is -2.22. The van der Waals surface area contributed by atoms with Crippen molar-refractivity contribution in [2.75, 3.05) is 12.4 Å². The van der Waals surface area contributed by atoms with Gasteiger partial charge >= 0.3 is 0 Å². The van der Waals surface area contributed by atoms with E-state index in [1.54, 1.807) is 7.11 Å².